The van der Waals surface area contributed by atoms with Gasteiger partial charge in [-0.15, -0.1) is 0 Å². The molecule has 0 radical (unpaired) electrons. The lowest BCUT2D eigenvalue weighted by Crippen LogP contribution is -2.46. The van der Waals surface area contributed by atoms with Crippen LogP contribution >= 0.6 is 0 Å². The molecule has 14 heavy (non-hydrogen) atoms. The zero-order valence-corrected chi connectivity index (χ0v) is 9.46. The van der Waals surface area contributed by atoms with Crippen molar-refractivity contribution in [2.45, 2.75) is 33.4 Å². The van der Waals surface area contributed by atoms with Crippen LogP contribution in [0.4, 0.5) is 4.39 Å². The van der Waals surface area contributed by atoms with Crippen LogP contribution in [0.1, 0.15) is 27.2 Å². The first-order valence-electron chi connectivity index (χ1n) is 5.42. The molecule has 0 bridgehead atoms. The average molecular weight is 203 g/mol. The highest BCUT2D eigenvalue weighted by Crippen LogP contribution is 2.35. The van der Waals surface area contributed by atoms with Crippen molar-refractivity contribution in [3.05, 3.63) is 0 Å². The molecule has 0 spiro atoms. The average Bonchev–Trinajstić information content (AvgIpc) is 2.02. The molecule has 0 saturated carbocycles. The van der Waals surface area contributed by atoms with Crippen LogP contribution in [0.2, 0.25) is 0 Å². The van der Waals surface area contributed by atoms with E-state index in [-0.39, 0.29) is 17.9 Å². The van der Waals surface area contributed by atoms with Crippen molar-refractivity contribution in [1.29, 1.82) is 0 Å². The van der Waals surface area contributed by atoms with Gasteiger partial charge >= 0.3 is 0 Å². The van der Waals surface area contributed by atoms with Crippen molar-refractivity contribution in [2.75, 3.05) is 26.2 Å². The molecule has 2 unspecified atom stereocenters. The molecule has 1 saturated heterocycles. The fourth-order valence-electron chi connectivity index (χ4n) is 2.29. The van der Waals surface area contributed by atoms with E-state index in [9.17, 15) is 4.39 Å². The summed E-state index contributed by atoms with van der Waals surface area (Å²) in [5.41, 5.74) is 0.0602. The van der Waals surface area contributed by atoms with Gasteiger partial charge in [-0.25, -0.2) is 4.39 Å². The standard InChI is InChI=1S/C11H22FNO/c1-11(2,3)9-4-5-13(6-7-14)8-10(9)12/h9-10,14H,4-8H2,1-3H3. The summed E-state index contributed by atoms with van der Waals surface area (Å²) >= 11 is 0. The Morgan fingerprint density at radius 1 is 1.43 bits per heavy atom. The molecular weight excluding hydrogens is 181 g/mol. The van der Waals surface area contributed by atoms with Gasteiger partial charge in [-0.3, -0.25) is 4.90 Å². The van der Waals surface area contributed by atoms with E-state index >= 15 is 0 Å². The lowest BCUT2D eigenvalue weighted by atomic mass is 9.74. The number of likely N-dealkylation sites (tertiary alicyclic amines) is 1. The van der Waals surface area contributed by atoms with Crippen LogP contribution < -0.4 is 0 Å². The van der Waals surface area contributed by atoms with Crippen LogP contribution in [0.25, 0.3) is 0 Å². The molecule has 1 aliphatic rings. The van der Waals surface area contributed by atoms with Crippen molar-refractivity contribution >= 4 is 0 Å². The highest BCUT2D eigenvalue weighted by Gasteiger charge is 2.36. The summed E-state index contributed by atoms with van der Waals surface area (Å²) in [5.74, 6) is 0.164. The van der Waals surface area contributed by atoms with Crippen LogP contribution in [-0.2, 0) is 0 Å². The Kier molecular flexibility index (Phi) is 3.90. The summed E-state index contributed by atoms with van der Waals surface area (Å²) < 4.78 is 13.8. The maximum absolute atomic E-state index is 13.8. The van der Waals surface area contributed by atoms with Gasteiger partial charge < -0.3 is 5.11 Å². The fraction of sp³-hybridized carbons (Fsp3) is 1.00. The third-order valence-corrected chi connectivity index (χ3v) is 3.15. The van der Waals surface area contributed by atoms with E-state index in [4.69, 9.17) is 5.11 Å². The second kappa shape index (κ2) is 4.58. The Labute approximate surface area is 86.1 Å². The van der Waals surface area contributed by atoms with Crippen LogP contribution in [-0.4, -0.2) is 42.4 Å². The van der Waals surface area contributed by atoms with Crippen molar-refractivity contribution in [3.8, 4) is 0 Å². The summed E-state index contributed by atoms with van der Waals surface area (Å²) in [6, 6.07) is 0. The third kappa shape index (κ3) is 2.92. The number of hydrogen-bond acceptors (Lipinski definition) is 2. The summed E-state index contributed by atoms with van der Waals surface area (Å²) in [5, 5.41) is 8.77. The minimum absolute atomic E-state index is 0.0602. The van der Waals surface area contributed by atoms with Gasteiger partial charge in [-0.1, -0.05) is 20.8 Å². The van der Waals surface area contributed by atoms with Gasteiger partial charge in [0.05, 0.1) is 6.61 Å². The molecule has 1 heterocycles. The van der Waals surface area contributed by atoms with Crippen LogP contribution in [0.5, 0.6) is 0 Å². The molecule has 0 aromatic carbocycles. The summed E-state index contributed by atoms with van der Waals surface area (Å²) in [6.07, 6.45) is 0.167. The molecule has 1 fully saturated rings. The number of halogens is 1. The highest BCUT2D eigenvalue weighted by atomic mass is 19.1. The second-order valence-corrected chi connectivity index (χ2v) is 5.30. The number of nitrogens with zero attached hydrogens (tertiary/aromatic N) is 1. The molecule has 3 heteroatoms. The van der Waals surface area contributed by atoms with Gasteiger partial charge in [0.1, 0.15) is 6.17 Å². The molecule has 2 nitrogen and oxygen atoms in total. The van der Waals surface area contributed by atoms with Crippen molar-refractivity contribution in [1.82, 2.24) is 4.90 Å². The first kappa shape index (κ1) is 11.9. The number of rotatable bonds is 2. The number of piperidine rings is 1. The molecule has 1 rings (SSSR count). The first-order chi connectivity index (χ1) is 6.45. The summed E-state index contributed by atoms with van der Waals surface area (Å²) in [4.78, 5) is 2.01. The van der Waals surface area contributed by atoms with E-state index in [1.165, 1.54) is 0 Å². The van der Waals surface area contributed by atoms with Crippen molar-refractivity contribution in [2.24, 2.45) is 11.3 Å². The number of aliphatic hydroxyl groups excluding tert-OH is 1. The zero-order chi connectivity index (χ0) is 10.8. The van der Waals surface area contributed by atoms with Gasteiger partial charge in [0.2, 0.25) is 0 Å². The van der Waals surface area contributed by atoms with E-state index < -0.39 is 6.17 Å². The lowest BCUT2D eigenvalue weighted by Gasteiger charge is -2.40. The Morgan fingerprint density at radius 2 is 2.07 bits per heavy atom. The van der Waals surface area contributed by atoms with Crippen molar-refractivity contribution in [3.63, 3.8) is 0 Å². The highest BCUT2D eigenvalue weighted by molar-refractivity contribution is 4.87. The number of alkyl halides is 1. The molecule has 2 atom stereocenters. The Morgan fingerprint density at radius 3 is 2.50 bits per heavy atom. The SMILES string of the molecule is CC(C)(C)C1CCN(CCO)CC1F. The first-order valence-corrected chi connectivity index (χ1v) is 5.42. The van der Waals surface area contributed by atoms with Gasteiger partial charge in [0.25, 0.3) is 0 Å². The Bertz CT molecular complexity index is 179. The molecule has 1 N–H and O–H groups in total. The predicted molar refractivity (Wildman–Crippen MR) is 56.0 cm³/mol. The number of hydrogen-bond donors (Lipinski definition) is 1. The molecule has 1 aliphatic heterocycles. The summed E-state index contributed by atoms with van der Waals surface area (Å²) in [6.45, 7) is 8.46. The topological polar surface area (TPSA) is 23.5 Å². The van der Waals surface area contributed by atoms with Crippen LogP contribution in [0, 0.1) is 11.3 Å². The second-order valence-electron chi connectivity index (χ2n) is 5.30. The minimum Gasteiger partial charge on any atom is -0.395 e. The monoisotopic (exact) mass is 203 g/mol. The maximum atomic E-state index is 13.8. The lowest BCUT2D eigenvalue weighted by molar-refractivity contribution is 0.0207. The minimum atomic E-state index is -0.740. The van der Waals surface area contributed by atoms with Gasteiger partial charge in [-0.2, -0.15) is 0 Å². The Balaban J connectivity index is 2.48. The third-order valence-electron chi connectivity index (χ3n) is 3.15. The summed E-state index contributed by atoms with van der Waals surface area (Å²) in [7, 11) is 0. The molecule has 84 valence electrons. The van der Waals surface area contributed by atoms with Crippen molar-refractivity contribution < 1.29 is 9.50 Å². The molecule has 0 amide bonds. The van der Waals surface area contributed by atoms with Gasteiger partial charge in [0, 0.05) is 13.1 Å². The smallest absolute Gasteiger partial charge is 0.116 e. The Hall–Kier alpha value is -0.150. The number of β-amino-alcohol motifs (C(OH)–C–C–N with tert-alkyl or cyclic N) is 1. The number of aliphatic hydroxyl groups is 1. The molecule has 0 aromatic rings. The van der Waals surface area contributed by atoms with E-state index in [1.807, 2.05) is 4.90 Å². The molecular formula is C11H22FNO. The predicted octanol–water partition coefficient (Wildman–Crippen LogP) is 1.68. The molecule has 0 aliphatic carbocycles. The van der Waals surface area contributed by atoms with E-state index in [0.717, 1.165) is 13.0 Å². The largest absolute Gasteiger partial charge is 0.395 e. The van der Waals surface area contributed by atoms with E-state index in [0.29, 0.717) is 13.1 Å². The zero-order valence-electron chi connectivity index (χ0n) is 9.46. The normalized spacial score (nSPS) is 30.6. The van der Waals surface area contributed by atoms with Gasteiger partial charge in [0.15, 0.2) is 0 Å². The van der Waals surface area contributed by atoms with Gasteiger partial charge in [-0.05, 0) is 24.3 Å². The fourth-order valence-corrected chi connectivity index (χ4v) is 2.29. The van der Waals surface area contributed by atoms with E-state index in [1.54, 1.807) is 0 Å². The van der Waals surface area contributed by atoms with E-state index in [2.05, 4.69) is 20.8 Å². The quantitative estimate of drug-likeness (QED) is 0.738. The van der Waals surface area contributed by atoms with Crippen LogP contribution in [0.3, 0.4) is 0 Å². The molecule has 0 aromatic heterocycles. The van der Waals surface area contributed by atoms with Crippen LogP contribution in [0.15, 0.2) is 0 Å². The maximum Gasteiger partial charge on any atom is 0.116 e.